The minimum absolute atomic E-state index is 0.190. The molecule has 0 unspecified atom stereocenters. The van der Waals surface area contributed by atoms with Crippen LogP contribution in [0.25, 0.3) is 0 Å². The largest absolute Gasteiger partial charge is 0.497 e. The minimum atomic E-state index is -0.668. The van der Waals surface area contributed by atoms with Gasteiger partial charge in [-0.15, -0.1) is 0 Å². The van der Waals surface area contributed by atoms with Gasteiger partial charge >= 0.3 is 0 Å². The van der Waals surface area contributed by atoms with Crippen LogP contribution >= 0.6 is 0 Å². The third kappa shape index (κ3) is 1.86. The normalized spacial score (nSPS) is 34.2. The van der Waals surface area contributed by atoms with Gasteiger partial charge in [0.1, 0.15) is 23.3 Å². The van der Waals surface area contributed by atoms with Gasteiger partial charge in [0.05, 0.1) is 7.11 Å². The fraction of sp³-hybridized carbons (Fsp3) is 0.600. The Labute approximate surface area is 107 Å². The molecule has 0 radical (unpaired) electrons. The second-order valence-electron chi connectivity index (χ2n) is 5.66. The maximum atomic E-state index is 13.6. The summed E-state index contributed by atoms with van der Waals surface area (Å²) < 4.78 is 24.9. The van der Waals surface area contributed by atoms with Crippen molar-refractivity contribution in [1.82, 2.24) is 0 Å². The van der Waals surface area contributed by atoms with Crippen molar-refractivity contribution in [2.75, 3.05) is 7.11 Å². The summed E-state index contributed by atoms with van der Waals surface area (Å²) in [5.74, 6) is 2.06. The lowest BCUT2D eigenvalue weighted by Gasteiger charge is -2.46. The highest BCUT2D eigenvalue weighted by Gasteiger charge is 2.45. The first-order valence-electron chi connectivity index (χ1n) is 6.61. The second-order valence-corrected chi connectivity index (χ2v) is 5.66. The Hall–Kier alpha value is -1.25. The van der Waals surface area contributed by atoms with E-state index in [1.165, 1.54) is 0 Å². The van der Waals surface area contributed by atoms with Gasteiger partial charge in [0.2, 0.25) is 0 Å². The summed E-state index contributed by atoms with van der Waals surface area (Å²) in [4.78, 5) is 0. The highest BCUT2D eigenvalue weighted by atomic mass is 19.1. The van der Waals surface area contributed by atoms with Crippen molar-refractivity contribution in [1.29, 1.82) is 0 Å². The summed E-state index contributed by atoms with van der Waals surface area (Å²) in [6, 6.07) is 5.90. The molecule has 3 rings (SSSR count). The molecular formula is C15H19FO2. The number of benzene rings is 1. The van der Waals surface area contributed by atoms with Crippen molar-refractivity contribution in [3.05, 3.63) is 23.8 Å². The first-order chi connectivity index (χ1) is 8.60. The maximum Gasteiger partial charge on any atom is 0.123 e. The van der Waals surface area contributed by atoms with Crippen LogP contribution in [-0.2, 0) is 6.42 Å². The van der Waals surface area contributed by atoms with Crippen LogP contribution in [0.4, 0.5) is 4.39 Å². The molecule has 1 fully saturated rings. The van der Waals surface area contributed by atoms with Gasteiger partial charge in [-0.3, -0.25) is 0 Å². The molecule has 1 aromatic carbocycles. The Kier molecular flexibility index (Phi) is 2.72. The first kappa shape index (κ1) is 11.8. The molecule has 0 amide bonds. The highest BCUT2D eigenvalue weighted by Crippen LogP contribution is 2.46. The Morgan fingerprint density at radius 2 is 2.28 bits per heavy atom. The van der Waals surface area contributed by atoms with Crippen molar-refractivity contribution in [3.8, 4) is 11.5 Å². The van der Waals surface area contributed by atoms with Crippen LogP contribution in [0.2, 0.25) is 0 Å². The maximum absolute atomic E-state index is 13.6. The van der Waals surface area contributed by atoms with Crippen LogP contribution in [0.1, 0.15) is 31.7 Å². The van der Waals surface area contributed by atoms with Gasteiger partial charge in [-0.25, -0.2) is 4.39 Å². The monoisotopic (exact) mass is 250 g/mol. The zero-order valence-electron chi connectivity index (χ0n) is 10.9. The number of halogens is 1. The van der Waals surface area contributed by atoms with Crippen LogP contribution in [0.15, 0.2) is 18.2 Å². The average Bonchev–Trinajstić information content (AvgIpc) is 2.36. The van der Waals surface area contributed by atoms with E-state index >= 15 is 0 Å². The fourth-order valence-electron chi connectivity index (χ4n) is 3.22. The standard InChI is InChI=1S/C15H19FO2/c1-15-6-5-12(16)9-11(15)7-10-8-13(17-2)3-4-14(10)18-15/h3-4,8,11-12H,5-7,9H2,1-2H3/t11-,12-,15-/m1/s1. The predicted octanol–water partition coefficient (Wildman–Crippen LogP) is 3.53. The van der Waals surface area contributed by atoms with Gasteiger partial charge in [0.15, 0.2) is 0 Å². The molecule has 0 saturated heterocycles. The van der Waals surface area contributed by atoms with E-state index in [0.29, 0.717) is 12.8 Å². The summed E-state index contributed by atoms with van der Waals surface area (Å²) in [7, 11) is 1.66. The van der Waals surface area contributed by atoms with E-state index in [1.807, 2.05) is 18.2 Å². The molecule has 1 saturated carbocycles. The van der Waals surface area contributed by atoms with E-state index in [9.17, 15) is 4.39 Å². The molecule has 2 aliphatic rings. The number of rotatable bonds is 1. The molecule has 0 N–H and O–H groups in total. The van der Waals surface area contributed by atoms with E-state index in [0.717, 1.165) is 29.9 Å². The van der Waals surface area contributed by atoms with E-state index in [-0.39, 0.29) is 11.5 Å². The first-order valence-corrected chi connectivity index (χ1v) is 6.61. The van der Waals surface area contributed by atoms with Gasteiger partial charge in [-0.1, -0.05) is 0 Å². The zero-order chi connectivity index (χ0) is 12.8. The quantitative estimate of drug-likeness (QED) is 0.759. The molecule has 18 heavy (non-hydrogen) atoms. The Balaban J connectivity index is 1.93. The van der Waals surface area contributed by atoms with Crippen LogP contribution in [0.5, 0.6) is 11.5 Å². The molecule has 0 aromatic heterocycles. The Morgan fingerprint density at radius 1 is 1.44 bits per heavy atom. The molecule has 98 valence electrons. The zero-order valence-corrected chi connectivity index (χ0v) is 10.9. The van der Waals surface area contributed by atoms with Crippen molar-refractivity contribution in [2.45, 2.75) is 44.4 Å². The minimum Gasteiger partial charge on any atom is -0.497 e. The Morgan fingerprint density at radius 3 is 3.06 bits per heavy atom. The number of fused-ring (bicyclic) bond motifs is 2. The van der Waals surface area contributed by atoms with Crippen molar-refractivity contribution in [3.63, 3.8) is 0 Å². The van der Waals surface area contributed by atoms with E-state index in [1.54, 1.807) is 7.11 Å². The molecule has 0 bridgehead atoms. The summed E-state index contributed by atoms with van der Waals surface area (Å²) >= 11 is 0. The SMILES string of the molecule is COc1ccc2c(c1)C[C@@H]1C[C@H](F)CC[C@@]1(C)O2. The molecule has 1 aliphatic heterocycles. The van der Waals surface area contributed by atoms with Crippen molar-refractivity contribution >= 4 is 0 Å². The van der Waals surface area contributed by atoms with Gasteiger partial charge in [0, 0.05) is 5.92 Å². The average molecular weight is 250 g/mol. The molecule has 3 heteroatoms. The lowest BCUT2D eigenvalue weighted by atomic mass is 9.71. The number of ether oxygens (including phenoxy) is 2. The summed E-state index contributed by atoms with van der Waals surface area (Å²) in [6.45, 7) is 2.12. The Bertz CT molecular complexity index is 460. The highest BCUT2D eigenvalue weighted by molar-refractivity contribution is 5.42. The van der Waals surface area contributed by atoms with Gasteiger partial charge in [-0.2, -0.15) is 0 Å². The van der Waals surface area contributed by atoms with E-state index in [4.69, 9.17) is 9.47 Å². The summed E-state index contributed by atoms with van der Waals surface area (Å²) in [5, 5.41) is 0. The molecule has 0 spiro atoms. The molecular weight excluding hydrogens is 231 g/mol. The van der Waals surface area contributed by atoms with Gasteiger partial charge in [0.25, 0.3) is 0 Å². The van der Waals surface area contributed by atoms with E-state index in [2.05, 4.69) is 6.92 Å². The smallest absolute Gasteiger partial charge is 0.123 e. The fourth-order valence-corrected chi connectivity index (χ4v) is 3.22. The number of hydrogen-bond acceptors (Lipinski definition) is 2. The third-order valence-electron chi connectivity index (χ3n) is 4.43. The molecule has 2 nitrogen and oxygen atoms in total. The molecule has 1 aromatic rings. The summed E-state index contributed by atoms with van der Waals surface area (Å²) in [5.41, 5.74) is 0.954. The van der Waals surface area contributed by atoms with E-state index < -0.39 is 6.17 Å². The van der Waals surface area contributed by atoms with Crippen LogP contribution in [0, 0.1) is 5.92 Å². The molecule has 1 heterocycles. The lowest BCUT2D eigenvalue weighted by Crippen LogP contribution is -2.49. The summed E-state index contributed by atoms with van der Waals surface area (Å²) in [6.07, 6.45) is 2.28. The van der Waals surface area contributed by atoms with Crippen molar-refractivity contribution < 1.29 is 13.9 Å². The topological polar surface area (TPSA) is 18.5 Å². The van der Waals surface area contributed by atoms with Crippen LogP contribution in [-0.4, -0.2) is 18.9 Å². The predicted molar refractivity (Wildman–Crippen MR) is 68.0 cm³/mol. The second kappa shape index (κ2) is 4.15. The van der Waals surface area contributed by atoms with Gasteiger partial charge < -0.3 is 9.47 Å². The number of methoxy groups -OCH3 is 1. The number of alkyl halides is 1. The molecule has 3 atom stereocenters. The van der Waals surface area contributed by atoms with Crippen LogP contribution < -0.4 is 9.47 Å². The van der Waals surface area contributed by atoms with Gasteiger partial charge in [-0.05, 0) is 56.4 Å². The van der Waals surface area contributed by atoms with Crippen molar-refractivity contribution in [2.24, 2.45) is 5.92 Å². The molecule has 1 aliphatic carbocycles. The lowest BCUT2D eigenvalue weighted by molar-refractivity contribution is -0.0424. The third-order valence-corrected chi connectivity index (χ3v) is 4.43. The number of hydrogen-bond donors (Lipinski definition) is 0. The van der Waals surface area contributed by atoms with Crippen LogP contribution in [0.3, 0.4) is 0 Å².